The lowest BCUT2D eigenvalue weighted by molar-refractivity contribution is 0.0923. The van der Waals surface area contributed by atoms with E-state index in [1.165, 1.54) is 12.8 Å². The Morgan fingerprint density at radius 3 is 3.00 bits per heavy atom. The molecular weight excluding hydrogens is 252 g/mol. The maximum atomic E-state index is 11.9. The second-order valence-electron chi connectivity index (χ2n) is 4.85. The summed E-state index contributed by atoms with van der Waals surface area (Å²) < 4.78 is 0. The van der Waals surface area contributed by atoms with Crippen LogP contribution in [0.1, 0.15) is 35.4 Å². The van der Waals surface area contributed by atoms with Crippen molar-refractivity contribution < 1.29 is 4.79 Å². The molecule has 0 spiro atoms. The number of aryl methyl sites for hydroxylation is 1. The van der Waals surface area contributed by atoms with Crippen molar-refractivity contribution in [3.63, 3.8) is 0 Å². The molecule has 0 aromatic carbocycles. The highest BCUT2D eigenvalue weighted by Gasteiger charge is 2.21. The lowest BCUT2D eigenvalue weighted by Crippen LogP contribution is -2.44. The first-order valence-electron chi connectivity index (χ1n) is 6.28. The Bertz CT molecular complexity index is 432. The average molecular weight is 271 g/mol. The molecule has 1 aromatic rings. The Morgan fingerprint density at radius 1 is 1.61 bits per heavy atom. The van der Waals surface area contributed by atoms with Crippen LogP contribution < -0.4 is 5.32 Å². The molecule has 2 N–H and O–H groups in total. The number of hydrogen-bond donors (Lipinski definition) is 2. The number of nitrogens with zero attached hydrogens (tertiary/aromatic N) is 2. The first-order valence-corrected chi connectivity index (χ1v) is 6.66. The average Bonchev–Trinajstić information content (AvgIpc) is 2.69. The van der Waals surface area contributed by atoms with Gasteiger partial charge in [-0.2, -0.15) is 5.10 Å². The van der Waals surface area contributed by atoms with Gasteiger partial charge in [0.1, 0.15) is 0 Å². The number of carbonyl (C=O) groups excluding carboxylic acids is 1. The minimum Gasteiger partial charge on any atom is -0.349 e. The number of aromatic amines is 1. The van der Waals surface area contributed by atoms with Gasteiger partial charge in [-0.05, 0) is 33.4 Å². The molecular formula is C12H19ClN4O. The molecule has 0 unspecified atom stereocenters. The van der Waals surface area contributed by atoms with Gasteiger partial charge in [-0.1, -0.05) is 18.0 Å². The lowest BCUT2D eigenvalue weighted by atomic mass is 10.0. The summed E-state index contributed by atoms with van der Waals surface area (Å²) in [6, 6.07) is 0.418. The summed E-state index contributed by atoms with van der Waals surface area (Å²) in [5.74, 6) is -0.205. The number of piperidine rings is 1. The molecule has 0 aliphatic carbocycles. The fraction of sp³-hybridized carbons (Fsp3) is 0.667. The van der Waals surface area contributed by atoms with Crippen molar-refractivity contribution in [2.45, 2.75) is 32.2 Å². The Balaban J connectivity index is 1.90. The molecule has 1 atom stereocenters. The third kappa shape index (κ3) is 2.84. The zero-order valence-electron chi connectivity index (χ0n) is 10.8. The van der Waals surface area contributed by atoms with Crippen molar-refractivity contribution in [3.05, 3.63) is 16.4 Å². The van der Waals surface area contributed by atoms with Crippen LogP contribution >= 0.6 is 11.6 Å². The first kappa shape index (κ1) is 13.4. The molecule has 5 nitrogen and oxygen atoms in total. The van der Waals surface area contributed by atoms with E-state index in [1.807, 2.05) is 0 Å². The van der Waals surface area contributed by atoms with E-state index in [9.17, 15) is 4.79 Å². The number of nitrogens with one attached hydrogen (secondary N) is 2. The molecule has 6 heteroatoms. The quantitative estimate of drug-likeness (QED) is 0.877. The predicted octanol–water partition coefficient (Wildman–Crippen LogP) is 1.59. The predicted molar refractivity (Wildman–Crippen MR) is 70.9 cm³/mol. The van der Waals surface area contributed by atoms with Gasteiger partial charge in [0, 0.05) is 12.6 Å². The topological polar surface area (TPSA) is 61.0 Å². The van der Waals surface area contributed by atoms with Crippen LogP contribution in [-0.2, 0) is 0 Å². The standard InChI is InChI=1S/C12H19ClN4O/c1-8-10(13)11(16-15-8)12(18)14-7-9-5-3-4-6-17(9)2/h9H,3-7H2,1-2H3,(H,14,18)(H,15,16)/t9-/m0/s1. The molecule has 1 fully saturated rings. The number of amides is 1. The maximum Gasteiger partial charge on any atom is 0.273 e. The van der Waals surface area contributed by atoms with Gasteiger partial charge in [-0.15, -0.1) is 0 Å². The van der Waals surface area contributed by atoms with Crippen LogP contribution in [0.2, 0.25) is 5.02 Å². The van der Waals surface area contributed by atoms with Crippen molar-refractivity contribution in [2.75, 3.05) is 20.1 Å². The smallest absolute Gasteiger partial charge is 0.273 e. The highest BCUT2D eigenvalue weighted by Crippen LogP contribution is 2.17. The molecule has 100 valence electrons. The molecule has 2 rings (SSSR count). The summed E-state index contributed by atoms with van der Waals surface area (Å²) in [6.07, 6.45) is 3.60. The summed E-state index contributed by atoms with van der Waals surface area (Å²) in [7, 11) is 2.10. The van der Waals surface area contributed by atoms with Gasteiger partial charge in [0.25, 0.3) is 5.91 Å². The first-order chi connectivity index (χ1) is 8.59. The molecule has 0 bridgehead atoms. The van der Waals surface area contributed by atoms with Crippen molar-refractivity contribution in [2.24, 2.45) is 0 Å². The summed E-state index contributed by atoms with van der Waals surface area (Å²) in [5.41, 5.74) is 1.00. The largest absolute Gasteiger partial charge is 0.349 e. The molecule has 18 heavy (non-hydrogen) atoms. The van der Waals surface area contributed by atoms with Gasteiger partial charge in [-0.25, -0.2) is 0 Å². The minimum atomic E-state index is -0.205. The van der Waals surface area contributed by atoms with Gasteiger partial charge in [0.05, 0.1) is 10.7 Å². The summed E-state index contributed by atoms with van der Waals surface area (Å²) in [4.78, 5) is 14.2. The third-order valence-corrected chi connectivity index (χ3v) is 3.97. The normalized spacial score (nSPS) is 20.9. The molecule has 0 radical (unpaired) electrons. The Labute approximate surface area is 112 Å². The number of halogens is 1. The highest BCUT2D eigenvalue weighted by atomic mass is 35.5. The van der Waals surface area contributed by atoms with E-state index in [-0.39, 0.29) is 11.6 Å². The van der Waals surface area contributed by atoms with Gasteiger partial charge < -0.3 is 10.2 Å². The summed E-state index contributed by atoms with van der Waals surface area (Å²) in [6.45, 7) is 3.54. The molecule has 1 amide bonds. The Kier molecular flexibility index (Phi) is 4.24. The number of likely N-dealkylation sites (tertiary alicyclic amines) is 1. The lowest BCUT2D eigenvalue weighted by Gasteiger charge is -2.32. The van der Waals surface area contributed by atoms with Crippen molar-refractivity contribution in [1.29, 1.82) is 0 Å². The number of hydrogen-bond acceptors (Lipinski definition) is 3. The molecule has 0 saturated carbocycles. The van der Waals surface area contributed by atoms with Gasteiger partial charge in [0.2, 0.25) is 0 Å². The summed E-state index contributed by atoms with van der Waals surface area (Å²) >= 11 is 5.99. The van der Waals surface area contributed by atoms with Gasteiger partial charge in [-0.3, -0.25) is 9.89 Å². The van der Waals surface area contributed by atoms with Crippen LogP contribution in [0, 0.1) is 6.92 Å². The molecule has 1 aliphatic heterocycles. The Hall–Kier alpha value is -1.07. The number of likely N-dealkylation sites (N-methyl/N-ethyl adjacent to an activating group) is 1. The molecule has 1 aliphatic rings. The second-order valence-corrected chi connectivity index (χ2v) is 5.23. The van der Waals surface area contributed by atoms with Gasteiger partial charge >= 0.3 is 0 Å². The molecule has 1 aromatic heterocycles. The van der Waals surface area contributed by atoms with Crippen LogP contribution in [-0.4, -0.2) is 47.2 Å². The molecule has 2 heterocycles. The fourth-order valence-electron chi connectivity index (χ4n) is 2.26. The molecule has 1 saturated heterocycles. The van der Waals surface area contributed by atoms with E-state index in [2.05, 4.69) is 27.5 Å². The fourth-order valence-corrected chi connectivity index (χ4v) is 2.43. The number of rotatable bonds is 3. The van der Waals surface area contributed by atoms with Crippen molar-refractivity contribution in [3.8, 4) is 0 Å². The number of carbonyl (C=O) groups is 1. The van der Waals surface area contributed by atoms with E-state index in [4.69, 9.17) is 11.6 Å². The highest BCUT2D eigenvalue weighted by molar-refractivity contribution is 6.34. The van der Waals surface area contributed by atoms with E-state index in [0.717, 1.165) is 18.7 Å². The Morgan fingerprint density at radius 2 is 2.39 bits per heavy atom. The third-order valence-electron chi connectivity index (χ3n) is 3.51. The zero-order valence-corrected chi connectivity index (χ0v) is 11.5. The number of aromatic nitrogens is 2. The van der Waals surface area contributed by atoms with E-state index in [1.54, 1.807) is 6.92 Å². The van der Waals surface area contributed by atoms with E-state index < -0.39 is 0 Å². The van der Waals surface area contributed by atoms with Crippen molar-refractivity contribution >= 4 is 17.5 Å². The van der Waals surface area contributed by atoms with Crippen LogP contribution in [0.4, 0.5) is 0 Å². The monoisotopic (exact) mass is 270 g/mol. The number of H-pyrrole nitrogens is 1. The minimum absolute atomic E-state index is 0.205. The van der Waals surface area contributed by atoms with Crippen molar-refractivity contribution in [1.82, 2.24) is 20.4 Å². The van der Waals surface area contributed by atoms with Crippen LogP contribution in [0.5, 0.6) is 0 Å². The van der Waals surface area contributed by atoms with E-state index in [0.29, 0.717) is 17.6 Å². The summed E-state index contributed by atoms with van der Waals surface area (Å²) in [5, 5.41) is 9.94. The SMILES string of the molecule is Cc1[nH]nc(C(=O)NC[C@@H]2CCCCN2C)c1Cl. The zero-order chi connectivity index (χ0) is 13.1. The second kappa shape index (κ2) is 5.71. The van der Waals surface area contributed by atoms with E-state index >= 15 is 0 Å². The van der Waals surface area contributed by atoms with Gasteiger partial charge in [0.15, 0.2) is 5.69 Å². The maximum absolute atomic E-state index is 11.9. The van der Waals surface area contributed by atoms with Crippen LogP contribution in [0.3, 0.4) is 0 Å². The van der Waals surface area contributed by atoms with Crippen LogP contribution in [0.25, 0.3) is 0 Å². The van der Waals surface area contributed by atoms with Crippen LogP contribution in [0.15, 0.2) is 0 Å².